The average Bonchev–Trinajstić information content (AvgIpc) is 3.20. The summed E-state index contributed by atoms with van der Waals surface area (Å²) < 4.78 is 8.37. The SMILES string of the molecule is CNC(=O)CN1CCN(C(=O)c2cn(CCCOC)cc3c(=O)n(-c4ccccc4)nc2-3)CC1. The number of aryl methyl sites for hydroxylation is 1. The molecule has 3 aliphatic heterocycles. The van der Waals surface area contributed by atoms with Gasteiger partial charge in [0.1, 0.15) is 5.69 Å². The number of methoxy groups -OCH3 is 1. The molecule has 0 aromatic heterocycles. The first-order chi connectivity index (χ1) is 16.5. The Bertz CT molecular complexity index is 1160. The second-order valence-electron chi connectivity index (χ2n) is 8.31. The summed E-state index contributed by atoms with van der Waals surface area (Å²) in [4.78, 5) is 42.3. The van der Waals surface area contributed by atoms with Crippen LogP contribution >= 0.6 is 0 Å². The Balaban J connectivity index is 1.65. The Hall–Kier alpha value is -3.50. The van der Waals surface area contributed by atoms with Crippen LogP contribution in [0, 0.1) is 0 Å². The zero-order valence-electron chi connectivity index (χ0n) is 19.6. The summed E-state index contributed by atoms with van der Waals surface area (Å²) >= 11 is 0. The number of aromatic nitrogens is 3. The summed E-state index contributed by atoms with van der Waals surface area (Å²) in [5, 5.41) is 7.18. The van der Waals surface area contributed by atoms with Crippen LogP contribution in [0.25, 0.3) is 16.9 Å². The number of ether oxygens (including phenoxy) is 1. The van der Waals surface area contributed by atoms with E-state index in [2.05, 4.69) is 10.4 Å². The number of rotatable bonds is 8. The highest BCUT2D eigenvalue weighted by Gasteiger charge is 2.29. The molecule has 0 unspecified atom stereocenters. The maximum Gasteiger partial charge on any atom is 0.282 e. The van der Waals surface area contributed by atoms with Crippen LogP contribution < -0.4 is 10.9 Å². The van der Waals surface area contributed by atoms with Crippen molar-refractivity contribution in [2.45, 2.75) is 13.0 Å². The van der Waals surface area contributed by atoms with Crippen molar-refractivity contribution in [1.82, 2.24) is 29.5 Å². The van der Waals surface area contributed by atoms with Crippen molar-refractivity contribution in [3.63, 3.8) is 0 Å². The van der Waals surface area contributed by atoms with Crippen LogP contribution in [0.1, 0.15) is 16.8 Å². The van der Waals surface area contributed by atoms with Gasteiger partial charge in [0.2, 0.25) is 5.91 Å². The fraction of sp³-hybridized carbons (Fsp3) is 0.417. The molecule has 3 aliphatic rings. The third kappa shape index (κ3) is 5.02. The first-order valence-electron chi connectivity index (χ1n) is 11.4. The van der Waals surface area contributed by atoms with Crippen LogP contribution in [0.3, 0.4) is 0 Å². The van der Waals surface area contributed by atoms with E-state index in [0.717, 1.165) is 6.42 Å². The lowest BCUT2D eigenvalue weighted by molar-refractivity contribution is -0.122. The molecular formula is C24H30N6O4. The van der Waals surface area contributed by atoms with Crippen LogP contribution in [0.15, 0.2) is 47.5 Å². The topological polar surface area (TPSA) is 102 Å². The first kappa shape index (κ1) is 23.7. The van der Waals surface area contributed by atoms with Gasteiger partial charge < -0.3 is 19.5 Å². The third-order valence-corrected chi connectivity index (χ3v) is 6.02. The maximum absolute atomic E-state index is 13.6. The van der Waals surface area contributed by atoms with Crippen LogP contribution in [0.4, 0.5) is 0 Å². The van der Waals surface area contributed by atoms with Crippen LogP contribution in [-0.2, 0) is 16.1 Å². The highest BCUT2D eigenvalue weighted by molar-refractivity contribution is 6.00. The average molecular weight is 467 g/mol. The Kier molecular flexibility index (Phi) is 7.39. The van der Waals surface area contributed by atoms with Gasteiger partial charge in [0.25, 0.3) is 11.5 Å². The molecular weight excluding hydrogens is 436 g/mol. The molecule has 180 valence electrons. The molecule has 34 heavy (non-hydrogen) atoms. The molecule has 0 bridgehead atoms. The lowest BCUT2D eigenvalue weighted by atomic mass is 10.1. The number of nitrogens with zero attached hydrogens (tertiary/aromatic N) is 5. The van der Waals surface area contributed by atoms with Gasteiger partial charge in [0, 0.05) is 65.9 Å². The van der Waals surface area contributed by atoms with Crippen molar-refractivity contribution in [1.29, 1.82) is 0 Å². The quantitative estimate of drug-likeness (QED) is 0.490. The number of likely N-dealkylation sites (N-methyl/N-ethyl adjacent to an activating group) is 1. The highest BCUT2D eigenvalue weighted by Crippen LogP contribution is 2.24. The molecule has 0 aliphatic carbocycles. The van der Waals surface area contributed by atoms with E-state index >= 15 is 0 Å². The summed E-state index contributed by atoms with van der Waals surface area (Å²) in [5.74, 6) is -0.209. The van der Waals surface area contributed by atoms with Crippen molar-refractivity contribution in [3.05, 3.63) is 58.6 Å². The molecule has 0 saturated carbocycles. The number of carbonyl (C=O) groups excluding carboxylic acids is 2. The second kappa shape index (κ2) is 10.6. The molecule has 10 nitrogen and oxygen atoms in total. The van der Waals surface area contributed by atoms with Gasteiger partial charge in [-0.05, 0) is 18.6 Å². The summed E-state index contributed by atoms with van der Waals surface area (Å²) in [6.45, 7) is 3.71. The monoisotopic (exact) mass is 466 g/mol. The molecule has 0 radical (unpaired) electrons. The summed E-state index contributed by atoms with van der Waals surface area (Å²) in [7, 11) is 3.26. The fourth-order valence-electron chi connectivity index (χ4n) is 4.14. The number of benzene rings is 1. The summed E-state index contributed by atoms with van der Waals surface area (Å²) in [6.07, 6.45) is 4.29. The van der Waals surface area contributed by atoms with E-state index in [1.165, 1.54) is 4.68 Å². The Morgan fingerprint density at radius 3 is 2.50 bits per heavy atom. The molecule has 1 saturated heterocycles. The normalized spacial score (nSPS) is 14.5. The molecule has 1 aromatic rings. The zero-order chi connectivity index (χ0) is 24.1. The minimum atomic E-state index is -0.258. The fourth-order valence-corrected chi connectivity index (χ4v) is 4.14. The minimum Gasteiger partial charge on any atom is -0.385 e. The lowest BCUT2D eigenvalue weighted by Gasteiger charge is -2.34. The molecule has 10 heteroatoms. The zero-order valence-corrected chi connectivity index (χ0v) is 19.6. The van der Waals surface area contributed by atoms with Gasteiger partial charge in [-0.15, -0.1) is 0 Å². The third-order valence-electron chi connectivity index (χ3n) is 6.02. The van der Waals surface area contributed by atoms with Gasteiger partial charge in [-0.25, -0.2) is 0 Å². The second-order valence-corrected chi connectivity index (χ2v) is 8.31. The largest absolute Gasteiger partial charge is 0.385 e. The van der Waals surface area contributed by atoms with Gasteiger partial charge in [-0.2, -0.15) is 9.78 Å². The first-order valence-corrected chi connectivity index (χ1v) is 11.4. The minimum absolute atomic E-state index is 0.0453. The number of hydrogen-bond acceptors (Lipinski definition) is 6. The van der Waals surface area contributed by atoms with E-state index in [0.29, 0.717) is 68.4 Å². The number of nitrogens with one attached hydrogen (secondary N) is 1. The Morgan fingerprint density at radius 2 is 1.82 bits per heavy atom. The highest BCUT2D eigenvalue weighted by atomic mass is 16.5. The molecule has 0 atom stereocenters. The summed E-state index contributed by atoms with van der Waals surface area (Å²) in [5.41, 5.74) is 1.60. The van der Waals surface area contributed by atoms with Crippen molar-refractivity contribution in [2.24, 2.45) is 0 Å². The van der Waals surface area contributed by atoms with E-state index in [-0.39, 0.29) is 17.4 Å². The smallest absolute Gasteiger partial charge is 0.282 e. The van der Waals surface area contributed by atoms with Gasteiger partial charge in [-0.1, -0.05) is 18.2 Å². The van der Waals surface area contributed by atoms with Gasteiger partial charge in [0.05, 0.1) is 23.4 Å². The van der Waals surface area contributed by atoms with Crippen molar-refractivity contribution < 1.29 is 14.3 Å². The number of pyridine rings is 1. The Morgan fingerprint density at radius 1 is 1.09 bits per heavy atom. The van der Waals surface area contributed by atoms with Crippen molar-refractivity contribution in [2.75, 3.05) is 53.5 Å². The van der Waals surface area contributed by atoms with Crippen LogP contribution in [0.5, 0.6) is 0 Å². The molecule has 1 N–H and O–H groups in total. The number of hydrogen-bond donors (Lipinski definition) is 1. The number of para-hydroxylation sites is 1. The van der Waals surface area contributed by atoms with Crippen molar-refractivity contribution in [3.8, 4) is 16.9 Å². The van der Waals surface area contributed by atoms with Crippen LogP contribution in [-0.4, -0.2) is 89.4 Å². The van der Waals surface area contributed by atoms with E-state index in [1.54, 1.807) is 31.5 Å². The number of amides is 2. The van der Waals surface area contributed by atoms with Gasteiger partial charge in [0.15, 0.2) is 0 Å². The van der Waals surface area contributed by atoms with Crippen LogP contribution in [0.2, 0.25) is 0 Å². The van der Waals surface area contributed by atoms with Gasteiger partial charge in [-0.3, -0.25) is 19.3 Å². The molecule has 1 fully saturated rings. The molecule has 3 heterocycles. The molecule has 2 amide bonds. The standard InChI is InChI=1S/C24H30N6O4/c1-25-21(31)17-27-10-12-29(13-11-27)23(32)19-15-28(9-6-14-34-2)16-20-22(19)26-30(24(20)33)18-7-4-3-5-8-18/h3-5,7-8,15-16H,6,9-14,17H2,1-2H3,(H,25,31). The van der Waals surface area contributed by atoms with E-state index in [1.807, 2.05) is 39.8 Å². The van der Waals surface area contributed by atoms with E-state index in [9.17, 15) is 14.4 Å². The van der Waals surface area contributed by atoms with E-state index < -0.39 is 0 Å². The van der Waals surface area contributed by atoms with Crippen molar-refractivity contribution >= 4 is 11.8 Å². The predicted octanol–water partition coefficient (Wildman–Crippen LogP) is 0.679. The molecule has 1 aromatic carbocycles. The van der Waals surface area contributed by atoms with Gasteiger partial charge >= 0.3 is 0 Å². The number of carbonyl (C=O) groups is 2. The number of piperazine rings is 1. The maximum atomic E-state index is 13.6. The predicted molar refractivity (Wildman–Crippen MR) is 127 cm³/mol. The summed E-state index contributed by atoms with van der Waals surface area (Å²) in [6, 6.07) is 9.19. The van der Waals surface area contributed by atoms with E-state index in [4.69, 9.17) is 4.74 Å². The lowest BCUT2D eigenvalue weighted by Crippen LogP contribution is -2.51. The molecule has 0 spiro atoms. The molecule has 4 rings (SSSR count). The Labute approximate surface area is 198 Å². The number of fused-ring (bicyclic) bond motifs is 1.